The Kier molecular flexibility index (Phi) is 4.50. The zero-order valence-electron chi connectivity index (χ0n) is 10.5. The maximum absolute atomic E-state index is 13.0. The standard InChI is InChI=1S/C13H14ClF2N3/c1-19-12(14)7-18-13(19)8-17-3-2-9-4-10(15)6-11(16)5-9/h4-7,17H,2-3,8H2,1H3. The molecule has 1 heterocycles. The molecule has 0 aliphatic heterocycles. The molecular weight excluding hydrogens is 272 g/mol. The molecule has 0 aliphatic rings. The van der Waals surface area contributed by atoms with Crippen LogP contribution in [0.25, 0.3) is 0 Å². The number of hydrogen-bond acceptors (Lipinski definition) is 2. The minimum absolute atomic E-state index is 0.548. The van der Waals surface area contributed by atoms with Crippen molar-refractivity contribution >= 4 is 11.6 Å². The Morgan fingerprint density at radius 3 is 2.53 bits per heavy atom. The summed E-state index contributed by atoms with van der Waals surface area (Å²) < 4.78 is 27.7. The molecule has 0 radical (unpaired) electrons. The summed E-state index contributed by atoms with van der Waals surface area (Å²) in [5, 5.41) is 3.73. The van der Waals surface area contributed by atoms with Crippen LogP contribution in [-0.2, 0) is 20.0 Å². The second kappa shape index (κ2) is 6.12. The Morgan fingerprint density at radius 1 is 1.26 bits per heavy atom. The molecule has 2 aromatic rings. The molecule has 0 bridgehead atoms. The van der Waals surface area contributed by atoms with Crippen molar-refractivity contribution in [3.63, 3.8) is 0 Å². The van der Waals surface area contributed by atoms with Crippen molar-refractivity contribution in [2.75, 3.05) is 6.54 Å². The van der Waals surface area contributed by atoms with E-state index < -0.39 is 11.6 Å². The molecule has 0 unspecified atom stereocenters. The summed E-state index contributed by atoms with van der Waals surface area (Å²) in [4.78, 5) is 4.14. The Bertz CT molecular complexity index is 549. The van der Waals surface area contributed by atoms with Crippen LogP contribution in [0.5, 0.6) is 0 Å². The molecule has 1 N–H and O–H groups in total. The smallest absolute Gasteiger partial charge is 0.128 e. The molecule has 1 aromatic heterocycles. The highest BCUT2D eigenvalue weighted by atomic mass is 35.5. The van der Waals surface area contributed by atoms with Crippen molar-refractivity contribution in [3.8, 4) is 0 Å². The molecule has 0 atom stereocenters. The van der Waals surface area contributed by atoms with Crippen molar-refractivity contribution in [1.29, 1.82) is 0 Å². The van der Waals surface area contributed by atoms with Crippen LogP contribution >= 0.6 is 11.6 Å². The summed E-state index contributed by atoms with van der Waals surface area (Å²) in [6, 6.07) is 3.54. The first-order chi connectivity index (χ1) is 9.06. The van der Waals surface area contributed by atoms with E-state index in [2.05, 4.69) is 10.3 Å². The van der Waals surface area contributed by atoms with E-state index in [9.17, 15) is 8.78 Å². The highest BCUT2D eigenvalue weighted by Gasteiger charge is 2.04. The number of hydrogen-bond donors (Lipinski definition) is 1. The van der Waals surface area contributed by atoms with Crippen molar-refractivity contribution in [3.05, 3.63) is 52.6 Å². The summed E-state index contributed by atoms with van der Waals surface area (Å²) in [6.07, 6.45) is 2.13. The lowest BCUT2D eigenvalue weighted by Crippen LogP contribution is -2.19. The fraction of sp³-hybridized carbons (Fsp3) is 0.308. The quantitative estimate of drug-likeness (QED) is 0.856. The number of nitrogens with one attached hydrogen (secondary N) is 1. The van der Waals surface area contributed by atoms with E-state index in [-0.39, 0.29) is 0 Å². The topological polar surface area (TPSA) is 29.9 Å². The molecule has 102 valence electrons. The van der Waals surface area contributed by atoms with Gasteiger partial charge in [0, 0.05) is 13.1 Å². The molecular formula is C13H14ClF2N3. The van der Waals surface area contributed by atoms with Crippen LogP contribution in [0.15, 0.2) is 24.4 Å². The zero-order chi connectivity index (χ0) is 13.8. The van der Waals surface area contributed by atoms with Gasteiger partial charge in [-0.25, -0.2) is 13.8 Å². The number of aromatic nitrogens is 2. The van der Waals surface area contributed by atoms with Crippen LogP contribution in [0, 0.1) is 11.6 Å². The first-order valence-corrected chi connectivity index (χ1v) is 6.26. The second-order valence-corrected chi connectivity index (χ2v) is 4.65. The summed E-state index contributed by atoms with van der Waals surface area (Å²) in [7, 11) is 1.83. The molecule has 0 aliphatic carbocycles. The van der Waals surface area contributed by atoms with Gasteiger partial charge in [-0.15, -0.1) is 0 Å². The Hall–Kier alpha value is -1.46. The van der Waals surface area contributed by atoms with Gasteiger partial charge in [-0.1, -0.05) is 11.6 Å². The van der Waals surface area contributed by atoms with Crippen molar-refractivity contribution in [2.24, 2.45) is 7.05 Å². The van der Waals surface area contributed by atoms with Gasteiger partial charge in [0.15, 0.2) is 0 Å². The van der Waals surface area contributed by atoms with E-state index in [0.717, 1.165) is 11.9 Å². The average molecular weight is 286 g/mol. The number of rotatable bonds is 5. The van der Waals surface area contributed by atoms with Crippen molar-refractivity contribution in [2.45, 2.75) is 13.0 Å². The summed E-state index contributed by atoms with van der Waals surface area (Å²) in [5.41, 5.74) is 0.628. The van der Waals surface area contributed by atoms with E-state index in [0.29, 0.717) is 30.2 Å². The molecule has 0 fully saturated rings. The Balaban J connectivity index is 1.82. The molecule has 0 amide bonds. The van der Waals surface area contributed by atoms with Gasteiger partial charge in [-0.3, -0.25) is 0 Å². The lowest BCUT2D eigenvalue weighted by Gasteiger charge is -2.06. The normalized spacial score (nSPS) is 10.9. The maximum Gasteiger partial charge on any atom is 0.128 e. The minimum Gasteiger partial charge on any atom is -0.321 e. The second-order valence-electron chi connectivity index (χ2n) is 4.26. The van der Waals surface area contributed by atoms with Crippen LogP contribution in [0.1, 0.15) is 11.4 Å². The van der Waals surface area contributed by atoms with Gasteiger partial charge in [0.2, 0.25) is 0 Å². The Morgan fingerprint density at radius 2 is 1.95 bits per heavy atom. The van der Waals surface area contributed by atoms with E-state index in [1.807, 2.05) is 7.05 Å². The SMILES string of the molecule is Cn1c(Cl)cnc1CNCCc1cc(F)cc(F)c1. The predicted molar refractivity (Wildman–Crippen MR) is 70.0 cm³/mol. The predicted octanol–water partition coefficient (Wildman–Crippen LogP) is 2.68. The lowest BCUT2D eigenvalue weighted by molar-refractivity contribution is 0.576. The van der Waals surface area contributed by atoms with Crippen LogP contribution in [0.4, 0.5) is 8.78 Å². The van der Waals surface area contributed by atoms with Crippen molar-refractivity contribution < 1.29 is 8.78 Å². The highest BCUT2D eigenvalue weighted by Crippen LogP contribution is 2.09. The molecule has 2 rings (SSSR count). The van der Waals surface area contributed by atoms with Crippen molar-refractivity contribution in [1.82, 2.24) is 14.9 Å². The number of halogens is 3. The minimum atomic E-state index is -0.550. The van der Waals surface area contributed by atoms with Crippen LogP contribution in [-0.4, -0.2) is 16.1 Å². The van der Waals surface area contributed by atoms with E-state index in [1.165, 1.54) is 12.1 Å². The first kappa shape index (κ1) is 14.0. The van der Waals surface area contributed by atoms with Gasteiger partial charge in [0.25, 0.3) is 0 Å². The lowest BCUT2D eigenvalue weighted by atomic mass is 10.1. The summed E-state index contributed by atoms with van der Waals surface area (Å²) in [6.45, 7) is 1.16. The molecule has 0 saturated carbocycles. The molecule has 19 heavy (non-hydrogen) atoms. The van der Waals surface area contributed by atoms with Gasteiger partial charge in [-0.2, -0.15) is 0 Å². The van der Waals surface area contributed by atoms with Crippen LogP contribution in [0.3, 0.4) is 0 Å². The van der Waals surface area contributed by atoms with Crippen LogP contribution in [0.2, 0.25) is 5.15 Å². The van der Waals surface area contributed by atoms with Gasteiger partial charge in [0.1, 0.15) is 22.6 Å². The third-order valence-corrected chi connectivity index (χ3v) is 3.17. The third-order valence-electron chi connectivity index (χ3n) is 2.82. The molecule has 1 aromatic carbocycles. The molecule has 6 heteroatoms. The largest absolute Gasteiger partial charge is 0.321 e. The maximum atomic E-state index is 13.0. The molecule has 0 spiro atoms. The Labute approximate surface area is 115 Å². The molecule has 3 nitrogen and oxygen atoms in total. The van der Waals surface area contributed by atoms with E-state index in [1.54, 1.807) is 10.8 Å². The number of nitrogens with zero attached hydrogens (tertiary/aromatic N) is 2. The highest BCUT2D eigenvalue weighted by molar-refractivity contribution is 6.29. The van der Waals surface area contributed by atoms with Gasteiger partial charge < -0.3 is 9.88 Å². The van der Waals surface area contributed by atoms with Gasteiger partial charge >= 0.3 is 0 Å². The van der Waals surface area contributed by atoms with Gasteiger partial charge in [-0.05, 0) is 30.7 Å². The average Bonchev–Trinajstić information content (AvgIpc) is 2.65. The number of benzene rings is 1. The molecule has 0 saturated heterocycles. The fourth-order valence-electron chi connectivity index (χ4n) is 1.78. The zero-order valence-corrected chi connectivity index (χ0v) is 11.2. The van der Waals surface area contributed by atoms with E-state index in [4.69, 9.17) is 11.6 Å². The summed E-state index contributed by atoms with van der Waals surface area (Å²) in [5.74, 6) is -0.285. The van der Waals surface area contributed by atoms with Gasteiger partial charge in [0.05, 0.1) is 12.7 Å². The monoisotopic (exact) mass is 285 g/mol. The van der Waals surface area contributed by atoms with E-state index >= 15 is 0 Å². The third kappa shape index (κ3) is 3.75. The summed E-state index contributed by atoms with van der Waals surface area (Å²) >= 11 is 5.86. The van der Waals surface area contributed by atoms with Crippen LogP contribution < -0.4 is 5.32 Å². The first-order valence-electron chi connectivity index (χ1n) is 5.88. The number of imidazole rings is 1. The fourth-order valence-corrected chi connectivity index (χ4v) is 1.92.